The van der Waals surface area contributed by atoms with Crippen LogP contribution in [0.15, 0.2) is 24.5 Å². The summed E-state index contributed by atoms with van der Waals surface area (Å²) in [5.74, 6) is -0.222. The monoisotopic (exact) mass is 209 g/mol. The van der Waals surface area contributed by atoms with Crippen LogP contribution in [0.2, 0.25) is 0 Å². The lowest BCUT2D eigenvalue weighted by molar-refractivity contribution is -0.123. The van der Waals surface area contributed by atoms with E-state index in [1.807, 2.05) is 12.1 Å². The van der Waals surface area contributed by atoms with Gasteiger partial charge in [0.15, 0.2) is 0 Å². The molecule has 3 N–H and O–H groups in total. The van der Waals surface area contributed by atoms with E-state index in [9.17, 15) is 4.79 Å². The normalized spacial score (nSPS) is 12.1. The highest BCUT2D eigenvalue weighted by Crippen LogP contribution is 1.94. The number of hydrogen-bond acceptors (Lipinski definition) is 4. The molecule has 0 bridgehead atoms. The molecule has 0 spiro atoms. The number of carbonyl (C=O) groups is 1. The van der Waals surface area contributed by atoms with Crippen molar-refractivity contribution >= 4 is 5.91 Å². The number of aromatic nitrogens is 1. The van der Waals surface area contributed by atoms with Gasteiger partial charge in [0, 0.05) is 26.0 Å². The van der Waals surface area contributed by atoms with Crippen molar-refractivity contribution in [3.05, 3.63) is 30.1 Å². The first-order valence-electron chi connectivity index (χ1n) is 4.65. The molecule has 0 radical (unpaired) electrons. The van der Waals surface area contributed by atoms with E-state index < -0.39 is 6.04 Å². The van der Waals surface area contributed by atoms with Gasteiger partial charge in [-0.25, -0.2) is 0 Å². The molecule has 0 fully saturated rings. The molecule has 1 aromatic rings. The average Bonchev–Trinajstić information content (AvgIpc) is 2.27. The number of nitrogens with two attached hydrogens (primary N) is 1. The van der Waals surface area contributed by atoms with Gasteiger partial charge in [-0.3, -0.25) is 9.78 Å². The molecule has 0 saturated heterocycles. The number of pyridine rings is 1. The zero-order chi connectivity index (χ0) is 11.1. The maximum Gasteiger partial charge on any atom is 0.239 e. The molecule has 5 nitrogen and oxygen atoms in total. The second-order valence-corrected chi connectivity index (χ2v) is 3.14. The molecule has 1 unspecified atom stereocenters. The molecule has 15 heavy (non-hydrogen) atoms. The van der Waals surface area contributed by atoms with Crippen molar-refractivity contribution in [2.24, 2.45) is 5.73 Å². The number of methoxy groups -OCH3 is 1. The Morgan fingerprint density at radius 3 is 3.13 bits per heavy atom. The van der Waals surface area contributed by atoms with Crippen LogP contribution in [0.4, 0.5) is 0 Å². The minimum Gasteiger partial charge on any atom is -0.383 e. The van der Waals surface area contributed by atoms with Crippen molar-refractivity contribution in [3.63, 3.8) is 0 Å². The third-order valence-corrected chi connectivity index (χ3v) is 1.87. The zero-order valence-electron chi connectivity index (χ0n) is 8.64. The highest BCUT2D eigenvalue weighted by molar-refractivity contribution is 5.81. The SMILES string of the molecule is COCC(N)C(=O)NCc1cccnc1. The van der Waals surface area contributed by atoms with Crippen LogP contribution >= 0.6 is 0 Å². The second-order valence-electron chi connectivity index (χ2n) is 3.14. The first kappa shape index (κ1) is 11.6. The van der Waals surface area contributed by atoms with Gasteiger partial charge >= 0.3 is 0 Å². The molecule has 0 aromatic carbocycles. The molecule has 82 valence electrons. The maximum atomic E-state index is 11.4. The average molecular weight is 209 g/mol. The largest absolute Gasteiger partial charge is 0.383 e. The van der Waals surface area contributed by atoms with E-state index in [0.717, 1.165) is 5.56 Å². The molecule has 0 aliphatic heterocycles. The molecule has 1 aromatic heterocycles. The van der Waals surface area contributed by atoms with Crippen LogP contribution in [-0.4, -0.2) is 30.6 Å². The van der Waals surface area contributed by atoms with Crippen LogP contribution in [0.25, 0.3) is 0 Å². The van der Waals surface area contributed by atoms with E-state index in [1.165, 1.54) is 7.11 Å². The summed E-state index contributed by atoms with van der Waals surface area (Å²) in [6.45, 7) is 0.656. The molecule has 1 rings (SSSR count). The van der Waals surface area contributed by atoms with Crippen LogP contribution in [0.1, 0.15) is 5.56 Å². The topological polar surface area (TPSA) is 77.2 Å². The zero-order valence-corrected chi connectivity index (χ0v) is 8.64. The summed E-state index contributed by atoms with van der Waals surface area (Å²) in [6.07, 6.45) is 3.38. The fraction of sp³-hybridized carbons (Fsp3) is 0.400. The Hall–Kier alpha value is -1.46. The molecule has 1 atom stereocenters. The number of amides is 1. The molecule has 0 aliphatic carbocycles. The fourth-order valence-electron chi connectivity index (χ4n) is 1.08. The summed E-state index contributed by atoms with van der Waals surface area (Å²) in [6, 6.07) is 3.08. The van der Waals surface area contributed by atoms with Crippen molar-refractivity contribution in [2.45, 2.75) is 12.6 Å². The highest BCUT2D eigenvalue weighted by Gasteiger charge is 2.11. The molecule has 0 aliphatic rings. The van der Waals surface area contributed by atoms with Gasteiger partial charge in [0.05, 0.1) is 6.61 Å². The Morgan fingerprint density at radius 1 is 1.73 bits per heavy atom. The number of nitrogens with zero attached hydrogens (tertiary/aromatic N) is 1. The van der Waals surface area contributed by atoms with E-state index in [2.05, 4.69) is 10.3 Å². The summed E-state index contributed by atoms with van der Waals surface area (Å²) < 4.78 is 4.78. The Labute approximate surface area is 88.6 Å². The number of rotatable bonds is 5. The third kappa shape index (κ3) is 4.05. The summed E-state index contributed by atoms with van der Waals surface area (Å²) in [5.41, 5.74) is 6.48. The van der Waals surface area contributed by atoms with E-state index in [-0.39, 0.29) is 12.5 Å². The summed E-state index contributed by atoms with van der Waals surface area (Å²) >= 11 is 0. The Balaban J connectivity index is 2.34. The number of carbonyl (C=O) groups excluding carboxylic acids is 1. The van der Waals surface area contributed by atoms with Crippen molar-refractivity contribution in [3.8, 4) is 0 Å². The fourth-order valence-corrected chi connectivity index (χ4v) is 1.08. The summed E-state index contributed by atoms with van der Waals surface area (Å²) in [5, 5.41) is 2.70. The number of nitrogens with one attached hydrogen (secondary N) is 1. The van der Waals surface area contributed by atoms with Gasteiger partial charge in [-0.2, -0.15) is 0 Å². The van der Waals surface area contributed by atoms with Crippen LogP contribution in [0, 0.1) is 0 Å². The molecule has 1 amide bonds. The lowest BCUT2D eigenvalue weighted by Crippen LogP contribution is -2.43. The van der Waals surface area contributed by atoms with Gasteiger partial charge < -0.3 is 15.8 Å². The molecule has 1 heterocycles. The lowest BCUT2D eigenvalue weighted by Gasteiger charge is -2.10. The molecular formula is C10H15N3O2. The predicted molar refractivity (Wildman–Crippen MR) is 55.9 cm³/mol. The standard InChI is InChI=1S/C10H15N3O2/c1-15-7-9(11)10(14)13-6-8-3-2-4-12-5-8/h2-5,9H,6-7,11H2,1H3,(H,13,14). The first-order chi connectivity index (χ1) is 7.24. The Bertz CT molecular complexity index is 303. The van der Waals surface area contributed by atoms with E-state index in [0.29, 0.717) is 6.54 Å². The quantitative estimate of drug-likeness (QED) is 0.696. The van der Waals surface area contributed by atoms with Crippen LogP contribution in [0.3, 0.4) is 0 Å². The summed E-state index contributed by atoms with van der Waals surface area (Å²) in [4.78, 5) is 15.3. The van der Waals surface area contributed by atoms with Gasteiger partial charge in [-0.05, 0) is 11.6 Å². The van der Waals surface area contributed by atoms with Crippen molar-refractivity contribution in [1.29, 1.82) is 0 Å². The van der Waals surface area contributed by atoms with Gasteiger partial charge in [-0.15, -0.1) is 0 Å². The minimum absolute atomic E-state index is 0.221. The molecule has 0 saturated carbocycles. The third-order valence-electron chi connectivity index (χ3n) is 1.87. The maximum absolute atomic E-state index is 11.4. The lowest BCUT2D eigenvalue weighted by atomic mass is 10.2. The van der Waals surface area contributed by atoms with E-state index >= 15 is 0 Å². The first-order valence-corrected chi connectivity index (χ1v) is 4.65. The minimum atomic E-state index is -0.619. The highest BCUT2D eigenvalue weighted by atomic mass is 16.5. The van der Waals surface area contributed by atoms with Crippen molar-refractivity contribution in [2.75, 3.05) is 13.7 Å². The van der Waals surface area contributed by atoms with Gasteiger partial charge in [0.25, 0.3) is 0 Å². The molecule has 5 heteroatoms. The van der Waals surface area contributed by atoms with E-state index in [4.69, 9.17) is 10.5 Å². The van der Waals surface area contributed by atoms with Gasteiger partial charge in [-0.1, -0.05) is 6.07 Å². The van der Waals surface area contributed by atoms with Crippen molar-refractivity contribution < 1.29 is 9.53 Å². The number of hydrogen-bond donors (Lipinski definition) is 2. The summed E-state index contributed by atoms with van der Waals surface area (Å²) in [7, 11) is 1.51. The predicted octanol–water partition coefficient (Wildman–Crippen LogP) is -0.328. The Morgan fingerprint density at radius 2 is 2.53 bits per heavy atom. The van der Waals surface area contributed by atoms with E-state index in [1.54, 1.807) is 12.4 Å². The van der Waals surface area contributed by atoms with Crippen LogP contribution < -0.4 is 11.1 Å². The van der Waals surface area contributed by atoms with Crippen LogP contribution in [-0.2, 0) is 16.1 Å². The molecular weight excluding hydrogens is 194 g/mol. The second kappa shape index (κ2) is 6.10. The smallest absolute Gasteiger partial charge is 0.239 e. The van der Waals surface area contributed by atoms with Crippen LogP contribution in [0.5, 0.6) is 0 Å². The number of ether oxygens (including phenoxy) is 1. The Kier molecular flexibility index (Phi) is 4.73. The van der Waals surface area contributed by atoms with Gasteiger partial charge in [0.1, 0.15) is 6.04 Å². The van der Waals surface area contributed by atoms with Crippen molar-refractivity contribution in [1.82, 2.24) is 10.3 Å². The van der Waals surface area contributed by atoms with Gasteiger partial charge in [0.2, 0.25) is 5.91 Å².